The summed E-state index contributed by atoms with van der Waals surface area (Å²) in [5, 5.41) is 0. The van der Waals surface area contributed by atoms with E-state index in [1.807, 2.05) is 13.8 Å². The van der Waals surface area contributed by atoms with Crippen LogP contribution in [0.15, 0.2) is 18.2 Å². The van der Waals surface area contributed by atoms with E-state index in [4.69, 9.17) is 4.43 Å². The smallest absolute Gasteiger partial charge is 0.416 e. The zero-order valence-corrected chi connectivity index (χ0v) is 15.9. The Morgan fingerprint density at radius 3 is 1.75 bits per heavy atom. The predicted molar refractivity (Wildman–Crippen MR) is 83.7 cm³/mol. The number of alkyl halides is 6. The van der Waals surface area contributed by atoms with Gasteiger partial charge in [-0.1, -0.05) is 12.8 Å². The largest absolute Gasteiger partial charge is 0.423 e. The third-order valence-corrected chi connectivity index (χ3v) is 5.05. The molecule has 0 aliphatic carbocycles. The summed E-state index contributed by atoms with van der Waals surface area (Å²) in [7, 11) is 0.622. The van der Waals surface area contributed by atoms with Gasteiger partial charge >= 0.3 is 12.4 Å². The van der Waals surface area contributed by atoms with E-state index in [-0.39, 0.29) is 23.7 Å². The molecule has 1 aromatic rings. The van der Waals surface area contributed by atoms with E-state index in [1.165, 1.54) is 0 Å². The quantitative estimate of drug-likeness (QED) is 0.376. The monoisotopic (exact) mass is 372 g/mol. The zero-order valence-electron chi connectivity index (χ0n) is 13.9. The van der Waals surface area contributed by atoms with Gasteiger partial charge in [0.05, 0.1) is 11.1 Å². The molecule has 0 radical (unpaired) electrons. The Morgan fingerprint density at radius 2 is 1.33 bits per heavy atom. The lowest BCUT2D eigenvalue weighted by Crippen LogP contribution is -2.22. The highest BCUT2D eigenvalue weighted by molar-refractivity contribution is 5.98. The van der Waals surface area contributed by atoms with Gasteiger partial charge in [-0.05, 0) is 56.9 Å². The molecule has 8 heteroatoms. The Kier molecular flexibility index (Phi) is 6.92. The molecule has 0 fully saturated rings. The van der Waals surface area contributed by atoms with Crippen LogP contribution in [0, 0.1) is 0 Å². The first-order valence-corrected chi connectivity index (χ1v) is 8.50. The van der Waals surface area contributed by atoms with Gasteiger partial charge in [0.1, 0.15) is 10.5 Å². The minimum Gasteiger partial charge on any atom is -0.423 e. The maximum atomic E-state index is 12.8. The SMILES string of the molecule is CC(C)(CCCCCc1cc(C(F)(F)F)cc(C(F)(F)F)c1)O[SiH3]. The minimum atomic E-state index is -4.79. The summed E-state index contributed by atoms with van der Waals surface area (Å²) in [6.45, 7) is 3.92. The number of aryl methyl sites for hydroxylation is 1. The molecule has 24 heavy (non-hydrogen) atoms. The molecule has 0 amide bonds. The number of hydrogen-bond acceptors (Lipinski definition) is 1. The summed E-state index contributed by atoms with van der Waals surface area (Å²) in [6, 6.07) is 1.77. The molecular formula is C16H22F6OSi. The van der Waals surface area contributed by atoms with Crippen LogP contribution < -0.4 is 0 Å². The predicted octanol–water partition coefficient (Wildman–Crippen LogP) is 4.90. The van der Waals surface area contributed by atoms with Crippen LogP contribution in [0.4, 0.5) is 26.3 Å². The van der Waals surface area contributed by atoms with Crippen LogP contribution in [0.5, 0.6) is 0 Å². The lowest BCUT2D eigenvalue weighted by atomic mass is 9.97. The summed E-state index contributed by atoms with van der Waals surface area (Å²) in [4.78, 5) is 0. The van der Waals surface area contributed by atoms with E-state index in [0.717, 1.165) is 31.4 Å². The maximum Gasteiger partial charge on any atom is 0.416 e. The van der Waals surface area contributed by atoms with Crippen molar-refractivity contribution in [3.05, 3.63) is 34.9 Å². The van der Waals surface area contributed by atoms with Crippen molar-refractivity contribution < 1.29 is 30.8 Å². The van der Waals surface area contributed by atoms with E-state index < -0.39 is 23.5 Å². The average molecular weight is 372 g/mol. The average Bonchev–Trinajstić information content (AvgIpc) is 2.44. The van der Waals surface area contributed by atoms with E-state index >= 15 is 0 Å². The highest BCUT2D eigenvalue weighted by atomic mass is 28.2. The Labute approximate surface area is 140 Å². The molecule has 0 saturated carbocycles. The molecule has 0 heterocycles. The summed E-state index contributed by atoms with van der Waals surface area (Å²) in [5.74, 6) is 0. The van der Waals surface area contributed by atoms with Gasteiger partial charge in [-0.2, -0.15) is 26.3 Å². The van der Waals surface area contributed by atoms with Crippen LogP contribution in [-0.4, -0.2) is 16.1 Å². The van der Waals surface area contributed by atoms with Crippen molar-refractivity contribution in [3.63, 3.8) is 0 Å². The Morgan fingerprint density at radius 1 is 0.833 bits per heavy atom. The number of hydrogen-bond donors (Lipinski definition) is 0. The second-order valence-corrected chi connectivity index (χ2v) is 6.85. The van der Waals surface area contributed by atoms with Crippen molar-refractivity contribution in [1.82, 2.24) is 0 Å². The highest BCUT2D eigenvalue weighted by Crippen LogP contribution is 2.36. The first-order chi connectivity index (χ1) is 10.8. The maximum absolute atomic E-state index is 12.8. The van der Waals surface area contributed by atoms with Crippen LogP contribution in [0.2, 0.25) is 0 Å². The first kappa shape index (κ1) is 21.0. The second kappa shape index (κ2) is 7.90. The van der Waals surface area contributed by atoms with Gasteiger partial charge in [0.15, 0.2) is 0 Å². The van der Waals surface area contributed by atoms with Gasteiger partial charge in [-0.3, -0.25) is 0 Å². The molecular weight excluding hydrogens is 350 g/mol. The van der Waals surface area contributed by atoms with Crippen LogP contribution in [0.25, 0.3) is 0 Å². The summed E-state index contributed by atoms with van der Waals surface area (Å²) >= 11 is 0. The molecule has 0 N–H and O–H groups in total. The third kappa shape index (κ3) is 6.84. The third-order valence-electron chi connectivity index (χ3n) is 3.94. The van der Waals surface area contributed by atoms with E-state index in [1.54, 1.807) is 0 Å². The fourth-order valence-electron chi connectivity index (χ4n) is 2.32. The van der Waals surface area contributed by atoms with E-state index in [9.17, 15) is 26.3 Å². The van der Waals surface area contributed by atoms with Gasteiger partial charge < -0.3 is 4.43 Å². The van der Waals surface area contributed by atoms with Gasteiger partial charge in [0.25, 0.3) is 0 Å². The Bertz CT molecular complexity index is 504. The van der Waals surface area contributed by atoms with Crippen molar-refractivity contribution in [2.75, 3.05) is 0 Å². The molecule has 0 unspecified atom stereocenters. The molecule has 1 aromatic carbocycles. The van der Waals surface area contributed by atoms with Gasteiger partial charge in [-0.15, -0.1) is 0 Å². The van der Waals surface area contributed by atoms with E-state index in [0.29, 0.717) is 16.9 Å². The molecule has 138 valence electrons. The molecule has 0 atom stereocenters. The number of unbranched alkanes of at least 4 members (excludes halogenated alkanes) is 2. The highest BCUT2D eigenvalue weighted by Gasteiger charge is 2.36. The van der Waals surface area contributed by atoms with Crippen molar-refractivity contribution in [1.29, 1.82) is 0 Å². The topological polar surface area (TPSA) is 9.23 Å². The van der Waals surface area contributed by atoms with Crippen LogP contribution >= 0.6 is 0 Å². The van der Waals surface area contributed by atoms with Crippen LogP contribution in [-0.2, 0) is 23.2 Å². The Hall–Kier alpha value is -1.02. The van der Waals surface area contributed by atoms with Gasteiger partial charge in [0, 0.05) is 5.60 Å². The molecule has 0 bridgehead atoms. The molecule has 0 aliphatic heterocycles. The first-order valence-electron chi connectivity index (χ1n) is 7.69. The van der Waals surface area contributed by atoms with Crippen molar-refractivity contribution in [2.45, 2.75) is 63.9 Å². The van der Waals surface area contributed by atoms with Crippen molar-refractivity contribution in [2.24, 2.45) is 0 Å². The van der Waals surface area contributed by atoms with Crippen molar-refractivity contribution >= 4 is 10.5 Å². The fraction of sp³-hybridized carbons (Fsp3) is 0.625. The molecule has 1 nitrogen and oxygen atoms in total. The minimum absolute atomic E-state index is 0.0653. The second-order valence-electron chi connectivity index (χ2n) is 6.44. The lowest BCUT2D eigenvalue weighted by Gasteiger charge is -2.23. The molecule has 1 rings (SSSR count). The standard InChI is InChI=1S/C16H22F6OSi/c1-14(2,23-24)7-5-3-4-6-11-8-12(15(17,18)19)10-13(9-11)16(20,21)22/h8-10H,3-7H2,1-2,24H3. The summed E-state index contributed by atoms with van der Waals surface area (Å²) < 4.78 is 82.0. The molecule has 0 spiro atoms. The molecule has 0 aliphatic rings. The van der Waals surface area contributed by atoms with Crippen LogP contribution in [0.1, 0.15) is 56.2 Å². The molecule has 0 saturated heterocycles. The van der Waals surface area contributed by atoms with Crippen LogP contribution in [0.3, 0.4) is 0 Å². The number of rotatable bonds is 7. The number of halogens is 6. The van der Waals surface area contributed by atoms with Crippen molar-refractivity contribution in [3.8, 4) is 0 Å². The zero-order chi connectivity index (χ0) is 18.6. The lowest BCUT2D eigenvalue weighted by molar-refractivity contribution is -0.143. The number of benzene rings is 1. The molecule has 0 aromatic heterocycles. The normalized spacial score (nSPS) is 13.5. The van der Waals surface area contributed by atoms with Gasteiger partial charge in [-0.25, -0.2) is 0 Å². The summed E-state index contributed by atoms with van der Waals surface area (Å²) in [6.07, 6.45) is -6.49. The fourth-order valence-corrected chi connectivity index (χ4v) is 2.53. The van der Waals surface area contributed by atoms with E-state index in [2.05, 4.69) is 0 Å². The van der Waals surface area contributed by atoms with Gasteiger partial charge in [0.2, 0.25) is 0 Å². The Balaban J connectivity index is 2.74. The summed E-state index contributed by atoms with van der Waals surface area (Å²) in [5.41, 5.74) is -2.66.